The van der Waals surface area contributed by atoms with Crippen LogP contribution in [0, 0.1) is 0 Å². The van der Waals surface area contributed by atoms with Crippen molar-refractivity contribution in [2.45, 2.75) is 39.2 Å². The summed E-state index contributed by atoms with van der Waals surface area (Å²) in [4.78, 5) is 0. The van der Waals surface area contributed by atoms with E-state index >= 15 is 0 Å². The van der Waals surface area contributed by atoms with E-state index in [0.29, 0.717) is 19.6 Å². The van der Waals surface area contributed by atoms with Gasteiger partial charge in [-0.2, -0.15) is 0 Å². The molecule has 4 heteroatoms. The molecule has 1 aromatic rings. The molecule has 0 bridgehead atoms. The fourth-order valence-corrected chi connectivity index (χ4v) is 1.99. The molecule has 0 heterocycles. The van der Waals surface area contributed by atoms with Crippen molar-refractivity contribution >= 4 is 0 Å². The summed E-state index contributed by atoms with van der Waals surface area (Å²) < 4.78 is 11.1. The van der Waals surface area contributed by atoms with Gasteiger partial charge in [-0.15, -0.1) is 0 Å². The van der Waals surface area contributed by atoms with Crippen molar-refractivity contribution in [1.29, 1.82) is 0 Å². The lowest BCUT2D eigenvalue weighted by molar-refractivity contribution is 0.0835. The van der Waals surface area contributed by atoms with Crippen molar-refractivity contribution in [1.82, 2.24) is 0 Å². The topological polar surface area (TPSA) is 58.9 Å². The molecule has 0 aromatic heterocycles. The van der Waals surface area contributed by atoms with E-state index in [2.05, 4.69) is 0 Å². The summed E-state index contributed by atoms with van der Waals surface area (Å²) in [5.41, 5.74) is 1.07. The highest BCUT2D eigenvalue weighted by molar-refractivity contribution is 5.44. The zero-order valence-corrected chi connectivity index (χ0v) is 11.9. The van der Waals surface area contributed by atoms with Crippen LogP contribution >= 0.6 is 0 Å². The van der Waals surface area contributed by atoms with E-state index in [0.717, 1.165) is 17.1 Å². The van der Waals surface area contributed by atoms with E-state index in [9.17, 15) is 5.11 Å². The average molecular weight is 268 g/mol. The Morgan fingerprint density at radius 2 is 1.74 bits per heavy atom. The first kappa shape index (κ1) is 15.8. The van der Waals surface area contributed by atoms with Gasteiger partial charge in [0.25, 0.3) is 0 Å². The maximum absolute atomic E-state index is 9.50. The second-order valence-corrected chi connectivity index (χ2v) is 4.55. The van der Waals surface area contributed by atoms with Crippen LogP contribution in [0.2, 0.25) is 0 Å². The molecule has 2 N–H and O–H groups in total. The predicted molar refractivity (Wildman–Crippen MR) is 74.9 cm³/mol. The van der Waals surface area contributed by atoms with Crippen molar-refractivity contribution in [2.24, 2.45) is 0 Å². The Balaban J connectivity index is 2.87. The van der Waals surface area contributed by atoms with Crippen LogP contribution in [-0.2, 0) is 0 Å². The maximum Gasteiger partial charge on any atom is 0.161 e. The van der Waals surface area contributed by atoms with Gasteiger partial charge >= 0.3 is 0 Å². The quantitative estimate of drug-likeness (QED) is 0.759. The molecule has 0 aliphatic carbocycles. The standard InChI is InChI=1S/C15H24O4/c1-4-18-14-7-6-12(9-15(14)19-5-2)11(3)8-13(17)10-16/h6-7,9,11,13,16-17H,4-5,8,10H2,1-3H3. The molecule has 2 atom stereocenters. The molecular weight excluding hydrogens is 244 g/mol. The molecule has 0 aliphatic heterocycles. The second-order valence-electron chi connectivity index (χ2n) is 4.55. The Labute approximate surface area is 115 Å². The zero-order chi connectivity index (χ0) is 14.3. The molecule has 1 aromatic carbocycles. The molecule has 0 saturated heterocycles. The maximum atomic E-state index is 9.50. The summed E-state index contributed by atoms with van der Waals surface area (Å²) in [7, 11) is 0. The van der Waals surface area contributed by atoms with Crippen molar-refractivity contribution in [3.05, 3.63) is 23.8 Å². The third kappa shape index (κ3) is 4.73. The molecule has 0 spiro atoms. The van der Waals surface area contributed by atoms with Crippen LogP contribution in [-0.4, -0.2) is 36.1 Å². The van der Waals surface area contributed by atoms with Crippen molar-refractivity contribution < 1.29 is 19.7 Å². The van der Waals surface area contributed by atoms with Gasteiger partial charge in [-0.05, 0) is 43.9 Å². The number of rotatable bonds is 8. The van der Waals surface area contributed by atoms with Crippen molar-refractivity contribution in [2.75, 3.05) is 19.8 Å². The Bertz CT molecular complexity index is 378. The third-order valence-corrected chi connectivity index (χ3v) is 2.97. The fraction of sp³-hybridized carbons (Fsp3) is 0.600. The Hall–Kier alpha value is -1.26. The van der Waals surface area contributed by atoms with Gasteiger partial charge in [-0.3, -0.25) is 0 Å². The average Bonchev–Trinajstić information content (AvgIpc) is 2.41. The highest BCUT2D eigenvalue weighted by Gasteiger charge is 2.14. The molecular formula is C15H24O4. The van der Waals surface area contributed by atoms with E-state index in [1.807, 2.05) is 39.0 Å². The minimum absolute atomic E-state index is 0.150. The summed E-state index contributed by atoms with van der Waals surface area (Å²) in [6.07, 6.45) is -0.159. The zero-order valence-electron chi connectivity index (χ0n) is 11.9. The number of aliphatic hydroxyl groups is 2. The Morgan fingerprint density at radius 3 is 2.32 bits per heavy atom. The highest BCUT2D eigenvalue weighted by atomic mass is 16.5. The molecule has 108 valence electrons. The van der Waals surface area contributed by atoms with Gasteiger partial charge in [0.05, 0.1) is 25.9 Å². The fourth-order valence-electron chi connectivity index (χ4n) is 1.99. The lowest BCUT2D eigenvalue weighted by Gasteiger charge is -2.18. The van der Waals surface area contributed by atoms with E-state index in [4.69, 9.17) is 14.6 Å². The molecule has 0 radical (unpaired) electrons. The number of ether oxygens (including phenoxy) is 2. The molecule has 0 saturated carbocycles. The monoisotopic (exact) mass is 268 g/mol. The summed E-state index contributed by atoms with van der Waals surface area (Å²) in [6.45, 7) is 6.85. The normalized spacial score (nSPS) is 13.9. The largest absolute Gasteiger partial charge is 0.490 e. The van der Waals surface area contributed by atoms with E-state index in [1.165, 1.54) is 0 Å². The van der Waals surface area contributed by atoms with Crippen LogP contribution in [0.3, 0.4) is 0 Å². The van der Waals surface area contributed by atoms with E-state index in [1.54, 1.807) is 0 Å². The molecule has 19 heavy (non-hydrogen) atoms. The van der Waals surface area contributed by atoms with Gasteiger partial charge in [0, 0.05) is 0 Å². The first-order valence-corrected chi connectivity index (χ1v) is 6.80. The van der Waals surface area contributed by atoms with E-state index < -0.39 is 6.10 Å². The van der Waals surface area contributed by atoms with Gasteiger partial charge in [-0.1, -0.05) is 13.0 Å². The third-order valence-electron chi connectivity index (χ3n) is 2.97. The predicted octanol–water partition coefficient (Wildman–Crippen LogP) is 2.33. The number of benzene rings is 1. The lowest BCUT2D eigenvalue weighted by Crippen LogP contribution is -2.15. The number of hydrogen-bond donors (Lipinski definition) is 2. The Kier molecular flexibility index (Phi) is 6.67. The Morgan fingerprint density at radius 1 is 1.11 bits per heavy atom. The first-order chi connectivity index (χ1) is 9.12. The molecule has 1 rings (SSSR count). The van der Waals surface area contributed by atoms with Crippen LogP contribution in [0.5, 0.6) is 11.5 Å². The van der Waals surface area contributed by atoms with Crippen LogP contribution in [0.4, 0.5) is 0 Å². The van der Waals surface area contributed by atoms with Crippen LogP contribution < -0.4 is 9.47 Å². The van der Waals surface area contributed by atoms with Crippen LogP contribution in [0.25, 0.3) is 0 Å². The smallest absolute Gasteiger partial charge is 0.161 e. The molecule has 4 nitrogen and oxygen atoms in total. The van der Waals surface area contributed by atoms with Crippen molar-refractivity contribution in [3.8, 4) is 11.5 Å². The second kappa shape index (κ2) is 8.02. The summed E-state index contributed by atoms with van der Waals surface area (Å²) in [5, 5.41) is 18.4. The lowest BCUT2D eigenvalue weighted by atomic mass is 9.95. The molecule has 2 unspecified atom stereocenters. The minimum atomic E-state index is -0.683. The van der Waals surface area contributed by atoms with Gasteiger partial charge in [0.1, 0.15) is 0 Å². The summed E-state index contributed by atoms with van der Waals surface area (Å²) >= 11 is 0. The summed E-state index contributed by atoms with van der Waals surface area (Å²) in [6, 6.07) is 5.82. The van der Waals surface area contributed by atoms with Gasteiger partial charge in [0.15, 0.2) is 11.5 Å². The van der Waals surface area contributed by atoms with Gasteiger partial charge < -0.3 is 19.7 Å². The van der Waals surface area contributed by atoms with Crippen LogP contribution in [0.1, 0.15) is 38.7 Å². The summed E-state index contributed by atoms with van der Waals surface area (Å²) in [5.74, 6) is 1.62. The van der Waals surface area contributed by atoms with Gasteiger partial charge in [-0.25, -0.2) is 0 Å². The first-order valence-electron chi connectivity index (χ1n) is 6.80. The van der Waals surface area contributed by atoms with Gasteiger partial charge in [0.2, 0.25) is 0 Å². The number of hydrogen-bond acceptors (Lipinski definition) is 4. The van der Waals surface area contributed by atoms with Crippen LogP contribution in [0.15, 0.2) is 18.2 Å². The minimum Gasteiger partial charge on any atom is -0.490 e. The molecule has 0 fully saturated rings. The highest BCUT2D eigenvalue weighted by Crippen LogP contribution is 2.32. The van der Waals surface area contributed by atoms with Crippen molar-refractivity contribution in [3.63, 3.8) is 0 Å². The number of aliphatic hydroxyl groups excluding tert-OH is 2. The van der Waals surface area contributed by atoms with E-state index in [-0.39, 0.29) is 12.5 Å². The SMILES string of the molecule is CCOc1ccc(C(C)CC(O)CO)cc1OCC. The molecule has 0 aliphatic rings. The molecule has 0 amide bonds.